The monoisotopic (exact) mass is 482 g/mol. The predicted molar refractivity (Wildman–Crippen MR) is 110 cm³/mol. The largest absolute Gasteiger partial charge is 1.00 e. The van der Waals surface area contributed by atoms with Crippen molar-refractivity contribution in [3.05, 3.63) is 95.8 Å². The molecule has 0 fully saturated rings. The van der Waals surface area contributed by atoms with Gasteiger partial charge in [-0.1, -0.05) is 42.5 Å². The third-order valence-corrected chi connectivity index (χ3v) is 5.63. The smallest absolute Gasteiger partial charge is 0.261 e. The summed E-state index contributed by atoms with van der Waals surface area (Å²) in [6.45, 7) is 1.00. The molecule has 1 aliphatic rings. The third kappa shape index (κ3) is 4.68. The molecule has 0 spiro atoms. The number of aryl methyl sites for hydroxylation is 1. The Morgan fingerprint density at radius 3 is 2.17 bits per heavy atom. The van der Waals surface area contributed by atoms with Gasteiger partial charge in [-0.05, 0) is 30.0 Å². The van der Waals surface area contributed by atoms with Crippen LogP contribution in [0.15, 0.2) is 84.0 Å². The van der Waals surface area contributed by atoms with Crippen LogP contribution in [0.3, 0.4) is 0 Å². The normalized spacial score (nSPS) is 12.5. The molecule has 0 saturated heterocycles. The highest BCUT2D eigenvalue weighted by Crippen LogP contribution is 2.23. The molecule has 1 aliphatic heterocycles. The Hall–Kier alpha value is -2.77. The molecule has 1 aromatic heterocycles. The summed E-state index contributed by atoms with van der Waals surface area (Å²) in [5.74, 6) is -0.457. The van der Waals surface area contributed by atoms with E-state index in [1.165, 1.54) is 16.7 Å². The van der Waals surface area contributed by atoms with Crippen LogP contribution >= 0.6 is 11.8 Å². The van der Waals surface area contributed by atoms with Crippen molar-refractivity contribution in [2.75, 3.05) is 6.54 Å². The van der Waals surface area contributed by atoms with Gasteiger partial charge in [0, 0.05) is 24.6 Å². The van der Waals surface area contributed by atoms with Crippen molar-refractivity contribution in [1.29, 1.82) is 0 Å². The number of thioether (sulfide) groups is 1. The average molecular weight is 483 g/mol. The second kappa shape index (κ2) is 9.82. The molecule has 152 valence electrons. The molecule has 2 heterocycles. The van der Waals surface area contributed by atoms with E-state index in [4.69, 9.17) is 0 Å². The Labute approximate surface area is 189 Å². The lowest BCUT2D eigenvalue weighted by Gasteiger charge is -2.12. The molecule has 0 unspecified atom stereocenters. The van der Waals surface area contributed by atoms with Crippen LogP contribution < -0.4 is 21.5 Å². The first-order valence-corrected chi connectivity index (χ1v) is 10.2. The summed E-state index contributed by atoms with van der Waals surface area (Å²) in [6, 6.07) is 19.9. The summed E-state index contributed by atoms with van der Waals surface area (Å²) in [5.41, 5.74) is 1.62. The van der Waals surface area contributed by atoms with Crippen LogP contribution in [0.2, 0.25) is 0 Å². The van der Waals surface area contributed by atoms with Gasteiger partial charge in [-0.15, -0.1) is 0 Å². The number of benzene rings is 2. The molecule has 2 aromatic carbocycles. The van der Waals surface area contributed by atoms with Gasteiger partial charge in [-0.2, -0.15) is 0 Å². The van der Waals surface area contributed by atoms with Crippen LogP contribution in [-0.4, -0.2) is 28.4 Å². The first-order valence-electron chi connectivity index (χ1n) is 9.35. The summed E-state index contributed by atoms with van der Waals surface area (Å²) >= 11 is 1.18. The molecule has 4 rings (SSSR count). The average Bonchev–Trinajstić information content (AvgIpc) is 3.00. The van der Waals surface area contributed by atoms with Crippen molar-refractivity contribution in [3.8, 4) is 0 Å². The van der Waals surface area contributed by atoms with Crippen LogP contribution in [-0.2, 0) is 6.54 Å². The van der Waals surface area contributed by atoms with Gasteiger partial charge in [0.15, 0.2) is 12.4 Å². The number of carbonyl (C=O) groups excluding carboxylic acids is 3. The summed E-state index contributed by atoms with van der Waals surface area (Å²) in [4.78, 5) is 39.4. The molecule has 0 bridgehead atoms. The predicted octanol–water partition coefficient (Wildman–Crippen LogP) is 0.597. The van der Waals surface area contributed by atoms with Gasteiger partial charge in [-0.3, -0.25) is 19.3 Å². The fraction of sp³-hybridized carbons (Fsp3) is 0.130. The highest BCUT2D eigenvalue weighted by molar-refractivity contribution is 8.14. The number of hydrogen-bond donors (Lipinski definition) is 0. The topological polar surface area (TPSA) is 58.3 Å². The van der Waals surface area contributed by atoms with Gasteiger partial charge in [0.25, 0.3) is 11.8 Å². The summed E-state index contributed by atoms with van der Waals surface area (Å²) < 4.78 is 1.97. The highest BCUT2D eigenvalue weighted by Gasteiger charge is 2.34. The summed E-state index contributed by atoms with van der Waals surface area (Å²) in [7, 11) is 0. The molecule has 0 atom stereocenters. The third-order valence-electron chi connectivity index (χ3n) is 4.73. The van der Waals surface area contributed by atoms with E-state index in [1.54, 1.807) is 36.4 Å². The van der Waals surface area contributed by atoms with Gasteiger partial charge in [0.2, 0.25) is 5.12 Å². The second-order valence-electron chi connectivity index (χ2n) is 6.69. The number of halogens is 1. The zero-order chi connectivity index (χ0) is 20.2. The zero-order valence-corrected chi connectivity index (χ0v) is 18.4. The first-order chi connectivity index (χ1) is 14.1. The number of rotatable bonds is 6. The van der Waals surface area contributed by atoms with Crippen molar-refractivity contribution >= 4 is 28.7 Å². The number of aromatic nitrogens is 1. The Bertz CT molecular complexity index is 1050. The van der Waals surface area contributed by atoms with E-state index in [9.17, 15) is 14.4 Å². The van der Waals surface area contributed by atoms with Crippen molar-refractivity contribution in [3.63, 3.8) is 0 Å². The second-order valence-corrected chi connectivity index (χ2v) is 7.74. The maximum atomic E-state index is 12.4. The Morgan fingerprint density at radius 1 is 0.867 bits per heavy atom. The number of imide groups is 1. The number of fused-ring (bicyclic) bond motifs is 1. The molecule has 0 N–H and O–H groups in total. The van der Waals surface area contributed by atoms with Crippen LogP contribution in [0, 0.1) is 0 Å². The van der Waals surface area contributed by atoms with E-state index in [2.05, 4.69) is 0 Å². The van der Waals surface area contributed by atoms with Gasteiger partial charge in [0.05, 0.1) is 16.0 Å². The van der Waals surface area contributed by atoms with Crippen LogP contribution in [0.4, 0.5) is 0 Å². The van der Waals surface area contributed by atoms with Crippen LogP contribution in [0.1, 0.15) is 37.5 Å². The van der Waals surface area contributed by atoms with Crippen LogP contribution in [0.25, 0.3) is 0 Å². The maximum Gasteiger partial charge on any atom is 0.261 e. The standard InChI is InChI=1S/C23H19N2O3S.BrH/c26-21-19-11-4-5-12-20(19)22(27)25(21)15-7-14-24-13-6-10-18(16-24)29-23(28)17-8-2-1-3-9-17;/h1-6,8-13,16H,7,14-15H2;1H/q+1;/p-1. The molecule has 0 saturated carbocycles. The van der Waals surface area contributed by atoms with E-state index >= 15 is 0 Å². The summed E-state index contributed by atoms with van der Waals surface area (Å²) in [6.07, 6.45) is 4.46. The first kappa shape index (κ1) is 21.9. The number of nitrogens with zero attached hydrogens (tertiary/aromatic N) is 2. The van der Waals surface area contributed by atoms with E-state index < -0.39 is 0 Å². The number of carbonyl (C=O) groups is 3. The van der Waals surface area contributed by atoms with Crippen LogP contribution in [0.5, 0.6) is 0 Å². The van der Waals surface area contributed by atoms with E-state index in [1.807, 2.05) is 47.3 Å². The van der Waals surface area contributed by atoms with E-state index in [0.29, 0.717) is 36.2 Å². The van der Waals surface area contributed by atoms with Crippen molar-refractivity contribution < 1.29 is 35.9 Å². The van der Waals surface area contributed by atoms with Gasteiger partial charge in [-0.25, -0.2) is 4.57 Å². The minimum atomic E-state index is -0.228. The molecule has 0 aliphatic carbocycles. The highest BCUT2D eigenvalue weighted by atomic mass is 79.9. The number of pyridine rings is 1. The maximum absolute atomic E-state index is 12.4. The Kier molecular flexibility index (Phi) is 7.18. The minimum Gasteiger partial charge on any atom is -1.00 e. The van der Waals surface area contributed by atoms with Crippen molar-refractivity contribution in [2.24, 2.45) is 0 Å². The molecular formula is C23H19BrN2O3S. The van der Waals surface area contributed by atoms with Crippen molar-refractivity contribution in [1.82, 2.24) is 4.90 Å². The molecule has 0 radical (unpaired) electrons. The molecule has 2 amide bonds. The quantitative estimate of drug-likeness (QED) is 0.293. The van der Waals surface area contributed by atoms with Gasteiger partial charge >= 0.3 is 0 Å². The molecule has 3 aromatic rings. The molecule has 5 nitrogen and oxygen atoms in total. The van der Waals surface area contributed by atoms with E-state index in [-0.39, 0.29) is 33.9 Å². The SMILES string of the molecule is O=C(Sc1ccc[n+](CCCN2C(=O)c3ccccc3C2=O)c1)c1ccccc1.[Br-]. The minimum absolute atomic E-state index is 0. The van der Waals surface area contributed by atoms with Gasteiger partial charge in [0.1, 0.15) is 6.54 Å². The fourth-order valence-corrected chi connectivity index (χ4v) is 4.09. The summed E-state index contributed by atoms with van der Waals surface area (Å²) in [5, 5.41) is -0.00521. The van der Waals surface area contributed by atoms with Gasteiger partial charge < -0.3 is 17.0 Å². The number of amides is 2. The lowest BCUT2D eigenvalue weighted by atomic mass is 10.1. The Morgan fingerprint density at radius 2 is 1.50 bits per heavy atom. The zero-order valence-electron chi connectivity index (χ0n) is 16.0. The lowest BCUT2D eigenvalue weighted by molar-refractivity contribution is -0.699. The lowest BCUT2D eigenvalue weighted by Crippen LogP contribution is -3.00. The van der Waals surface area contributed by atoms with E-state index in [0.717, 1.165) is 4.90 Å². The van der Waals surface area contributed by atoms with Crippen molar-refractivity contribution in [2.45, 2.75) is 17.9 Å². The fourth-order valence-electron chi connectivity index (χ4n) is 3.29. The molecule has 30 heavy (non-hydrogen) atoms. The molecular weight excluding hydrogens is 464 g/mol. The molecule has 7 heteroatoms. The number of hydrogen-bond acceptors (Lipinski definition) is 4. The Balaban J connectivity index is 0.00000256.